The van der Waals surface area contributed by atoms with Gasteiger partial charge in [-0.2, -0.15) is 0 Å². The molecule has 0 aliphatic heterocycles. The number of nitrogens with one attached hydrogen (secondary N) is 2. The fraction of sp³-hybridized carbons (Fsp3) is 0.263. The number of nitrogens with two attached hydrogens (primary N) is 1. The van der Waals surface area contributed by atoms with Crippen molar-refractivity contribution < 1.29 is 9.59 Å². The van der Waals surface area contributed by atoms with E-state index < -0.39 is 6.04 Å². The number of hydrogen-bond donors (Lipinski definition) is 3. The molecule has 0 aliphatic rings. The maximum absolute atomic E-state index is 12.1. The van der Waals surface area contributed by atoms with Crippen molar-refractivity contribution in [2.75, 3.05) is 5.32 Å². The van der Waals surface area contributed by atoms with E-state index in [1.165, 1.54) is 0 Å². The Morgan fingerprint density at radius 3 is 2.17 bits per heavy atom. The van der Waals surface area contributed by atoms with Crippen LogP contribution >= 0.6 is 0 Å². The van der Waals surface area contributed by atoms with Crippen LogP contribution in [0.15, 0.2) is 54.6 Å². The summed E-state index contributed by atoms with van der Waals surface area (Å²) in [7, 11) is 0. The molecule has 0 spiro atoms. The van der Waals surface area contributed by atoms with Crippen LogP contribution in [0.25, 0.3) is 0 Å². The summed E-state index contributed by atoms with van der Waals surface area (Å²) in [5, 5.41) is 5.65. The molecule has 4 N–H and O–H groups in total. The van der Waals surface area contributed by atoms with E-state index in [1.54, 1.807) is 0 Å². The van der Waals surface area contributed by atoms with Gasteiger partial charge in [0.05, 0.1) is 0 Å². The number of carbonyl (C=O) groups is 2. The molecular weight excluding hydrogens is 302 g/mol. The van der Waals surface area contributed by atoms with E-state index in [4.69, 9.17) is 5.73 Å². The zero-order valence-electron chi connectivity index (χ0n) is 14.0. The summed E-state index contributed by atoms with van der Waals surface area (Å²) in [5.41, 5.74) is 8.41. The molecule has 2 aromatic carbocycles. The van der Waals surface area contributed by atoms with Gasteiger partial charge in [0.1, 0.15) is 6.04 Å². The quantitative estimate of drug-likeness (QED) is 0.763. The van der Waals surface area contributed by atoms with Crippen molar-refractivity contribution in [3.8, 4) is 0 Å². The van der Waals surface area contributed by atoms with Crippen molar-refractivity contribution in [2.24, 2.45) is 11.7 Å². The highest BCUT2D eigenvalue weighted by atomic mass is 16.2. The molecule has 1 atom stereocenters. The van der Waals surface area contributed by atoms with Gasteiger partial charge in [-0.1, -0.05) is 56.3 Å². The fourth-order valence-corrected chi connectivity index (χ4v) is 2.10. The highest BCUT2D eigenvalue weighted by Crippen LogP contribution is 2.12. The molecule has 1 unspecified atom stereocenters. The standard InChI is InChI=1S/C19H23N3O2/c1-13(2)18(23)22-16-10-8-14(9-11-16)12-21-19(24)17(20)15-6-4-3-5-7-15/h3-11,13,17H,12,20H2,1-2H3,(H,21,24)(H,22,23). The number of rotatable bonds is 6. The monoisotopic (exact) mass is 325 g/mol. The van der Waals surface area contributed by atoms with Gasteiger partial charge in [-0.15, -0.1) is 0 Å². The van der Waals surface area contributed by atoms with E-state index >= 15 is 0 Å². The number of anilines is 1. The Kier molecular flexibility index (Phi) is 6.09. The Morgan fingerprint density at radius 2 is 1.58 bits per heavy atom. The zero-order valence-corrected chi connectivity index (χ0v) is 14.0. The Hall–Kier alpha value is -2.66. The lowest BCUT2D eigenvalue weighted by molar-refractivity contribution is -0.122. The van der Waals surface area contributed by atoms with E-state index in [1.807, 2.05) is 68.4 Å². The number of amides is 2. The largest absolute Gasteiger partial charge is 0.350 e. The minimum Gasteiger partial charge on any atom is -0.350 e. The molecule has 2 aromatic rings. The Labute approximate surface area is 142 Å². The van der Waals surface area contributed by atoms with Crippen LogP contribution in [0.2, 0.25) is 0 Å². The molecule has 2 amide bonds. The first-order valence-corrected chi connectivity index (χ1v) is 7.95. The number of benzene rings is 2. The Morgan fingerprint density at radius 1 is 0.958 bits per heavy atom. The van der Waals surface area contributed by atoms with Crippen LogP contribution in [-0.4, -0.2) is 11.8 Å². The van der Waals surface area contributed by atoms with Crippen LogP contribution < -0.4 is 16.4 Å². The fourth-order valence-electron chi connectivity index (χ4n) is 2.10. The molecule has 0 aliphatic carbocycles. The van der Waals surface area contributed by atoms with Gasteiger partial charge in [0, 0.05) is 18.2 Å². The normalized spacial score (nSPS) is 11.8. The van der Waals surface area contributed by atoms with Gasteiger partial charge in [0.2, 0.25) is 11.8 Å². The van der Waals surface area contributed by atoms with Crippen molar-refractivity contribution in [3.05, 3.63) is 65.7 Å². The van der Waals surface area contributed by atoms with Gasteiger partial charge in [0.15, 0.2) is 0 Å². The Balaban J connectivity index is 1.88. The minimum atomic E-state index is -0.684. The lowest BCUT2D eigenvalue weighted by Gasteiger charge is -2.13. The van der Waals surface area contributed by atoms with Crippen LogP contribution in [0.5, 0.6) is 0 Å². The van der Waals surface area contributed by atoms with E-state index in [0.29, 0.717) is 6.54 Å². The van der Waals surface area contributed by atoms with Crippen LogP contribution in [-0.2, 0) is 16.1 Å². The van der Waals surface area contributed by atoms with Gasteiger partial charge >= 0.3 is 0 Å². The molecule has 126 valence electrons. The summed E-state index contributed by atoms with van der Waals surface area (Å²) in [4.78, 5) is 23.8. The van der Waals surface area contributed by atoms with E-state index in [-0.39, 0.29) is 17.7 Å². The lowest BCUT2D eigenvalue weighted by Crippen LogP contribution is -2.33. The van der Waals surface area contributed by atoms with E-state index in [9.17, 15) is 9.59 Å². The molecule has 0 fully saturated rings. The summed E-state index contributed by atoms with van der Waals surface area (Å²) < 4.78 is 0. The van der Waals surface area contributed by atoms with Crippen molar-refractivity contribution >= 4 is 17.5 Å². The minimum absolute atomic E-state index is 0.0233. The summed E-state index contributed by atoms with van der Waals surface area (Å²) in [6, 6.07) is 15.9. The Bertz CT molecular complexity index is 682. The van der Waals surface area contributed by atoms with Gasteiger partial charge in [0.25, 0.3) is 0 Å². The van der Waals surface area contributed by atoms with Crippen LogP contribution in [0.1, 0.15) is 31.0 Å². The SMILES string of the molecule is CC(C)C(=O)Nc1ccc(CNC(=O)C(N)c2ccccc2)cc1. The second-order valence-corrected chi connectivity index (χ2v) is 5.95. The first-order chi connectivity index (χ1) is 11.5. The zero-order chi connectivity index (χ0) is 17.5. The third kappa shape index (κ3) is 4.93. The second-order valence-electron chi connectivity index (χ2n) is 5.95. The highest BCUT2D eigenvalue weighted by Gasteiger charge is 2.14. The predicted molar refractivity (Wildman–Crippen MR) is 95.1 cm³/mol. The van der Waals surface area contributed by atoms with Crippen molar-refractivity contribution in [2.45, 2.75) is 26.4 Å². The van der Waals surface area contributed by atoms with Crippen LogP contribution in [0, 0.1) is 5.92 Å². The number of hydrogen-bond acceptors (Lipinski definition) is 3. The third-order valence-corrected chi connectivity index (χ3v) is 3.65. The maximum Gasteiger partial charge on any atom is 0.241 e. The third-order valence-electron chi connectivity index (χ3n) is 3.65. The van der Waals surface area contributed by atoms with Gasteiger partial charge < -0.3 is 16.4 Å². The summed E-state index contributed by atoms with van der Waals surface area (Å²) >= 11 is 0. The molecule has 0 aromatic heterocycles. The molecule has 5 heteroatoms. The molecule has 2 rings (SSSR count). The predicted octanol–water partition coefficient (Wildman–Crippen LogP) is 2.60. The molecular formula is C19H23N3O2. The van der Waals surface area contributed by atoms with Crippen LogP contribution in [0.3, 0.4) is 0 Å². The molecule has 5 nitrogen and oxygen atoms in total. The van der Waals surface area contributed by atoms with Crippen molar-refractivity contribution in [1.82, 2.24) is 5.32 Å². The smallest absolute Gasteiger partial charge is 0.241 e. The second kappa shape index (κ2) is 8.26. The van der Waals surface area contributed by atoms with Gasteiger partial charge in [-0.3, -0.25) is 9.59 Å². The van der Waals surface area contributed by atoms with E-state index in [2.05, 4.69) is 10.6 Å². The van der Waals surface area contributed by atoms with Gasteiger partial charge in [-0.25, -0.2) is 0 Å². The summed E-state index contributed by atoms with van der Waals surface area (Å²) in [6.45, 7) is 4.07. The molecule has 0 saturated heterocycles. The summed E-state index contributed by atoms with van der Waals surface area (Å²) in [6.07, 6.45) is 0. The van der Waals surface area contributed by atoms with Gasteiger partial charge in [-0.05, 0) is 23.3 Å². The molecule has 0 saturated carbocycles. The molecule has 0 radical (unpaired) electrons. The van der Waals surface area contributed by atoms with Crippen LogP contribution in [0.4, 0.5) is 5.69 Å². The average Bonchev–Trinajstić information content (AvgIpc) is 2.60. The summed E-state index contributed by atoms with van der Waals surface area (Å²) in [5.74, 6) is -0.313. The highest BCUT2D eigenvalue weighted by molar-refractivity contribution is 5.92. The van der Waals surface area contributed by atoms with E-state index in [0.717, 1.165) is 16.8 Å². The topological polar surface area (TPSA) is 84.2 Å². The molecule has 0 bridgehead atoms. The van der Waals surface area contributed by atoms with Crippen molar-refractivity contribution in [3.63, 3.8) is 0 Å². The molecule has 24 heavy (non-hydrogen) atoms. The first-order valence-electron chi connectivity index (χ1n) is 7.95. The molecule has 0 heterocycles. The average molecular weight is 325 g/mol. The maximum atomic E-state index is 12.1. The van der Waals surface area contributed by atoms with Crippen molar-refractivity contribution in [1.29, 1.82) is 0 Å². The first kappa shape index (κ1) is 17.7. The number of carbonyl (C=O) groups excluding carboxylic acids is 2. The lowest BCUT2D eigenvalue weighted by atomic mass is 10.1.